The molecular formula is C16H20F3IN4O2S. The van der Waals surface area contributed by atoms with Gasteiger partial charge in [0, 0.05) is 11.9 Å². The summed E-state index contributed by atoms with van der Waals surface area (Å²) in [4.78, 5) is 7.91. The second kappa shape index (κ2) is 10.5. The molecule has 6 nitrogen and oxygen atoms in total. The van der Waals surface area contributed by atoms with Crippen molar-refractivity contribution in [2.45, 2.75) is 26.2 Å². The summed E-state index contributed by atoms with van der Waals surface area (Å²) in [5.41, 5.74) is -0.135. The van der Waals surface area contributed by atoms with Gasteiger partial charge in [-0.15, -0.1) is 35.3 Å². The van der Waals surface area contributed by atoms with Crippen LogP contribution >= 0.6 is 35.3 Å². The third kappa shape index (κ3) is 7.05. The summed E-state index contributed by atoms with van der Waals surface area (Å²) in [6.45, 7) is 2.87. The summed E-state index contributed by atoms with van der Waals surface area (Å²) < 4.78 is 42.7. The Morgan fingerprint density at radius 3 is 2.63 bits per heavy atom. The maximum Gasteiger partial charge on any atom is 0.434 e. The molecule has 2 rings (SSSR count). The highest BCUT2D eigenvalue weighted by Gasteiger charge is 2.33. The first-order valence-corrected chi connectivity index (χ1v) is 8.61. The predicted molar refractivity (Wildman–Crippen MR) is 109 cm³/mol. The molecule has 0 aliphatic rings. The van der Waals surface area contributed by atoms with Crippen LogP contribution in [0.15, 0.2) is 28.6 Å². The van der Waals surface area contributed by atoms with Crippen molar-refractivity contribution in [1.29, 1.82) is 0 Å². The lowest BCUT2D eigenvalue weighted by Gasteiger charge is -2.10. The largest absolute Gasteiger partial charge is 0.504 e. The molecule has 1 aromatic carbocycles. The number of phenolic OH excluding ortho intramolecular Hbond substituents is 1. The van der Waals surface area contributed by atoms with Crippen LogP contribution in [0.2, 0.25) is 0 Å². The monoisotopic (exact) mass is 516 g/mol. The molecule has 11 heteroatoms. The number of benzene rings is 1. The van der Waals surface area contributed by atoms with Gasteiger partial charge in [-0.05, 0) is 24.6 Å². The lowest BCUT2D eigenvalue weighted by atomic mass is 10.2. The number of thiazole rings is 1. The van der Waals surface area contributed by atoms with Crippen molar-refractivity contribution in [3.8, 4) is 11.5 Å². The van der Waals surface area contributed by atoms with Gasteiger partial charge in [-0.25, -0.2) is 9.98 Å². The third-order valence-corrected chi connectivity index (χ3v) is 4.11. The number of phenols is 1. The van der Waals surface area contributed by atoms with Crippen LogP contribution in [-0.2, 0) is 19.3 Å². The van der Waals surface area contributed by atoms with Crippen LogP contribution in [0.5, 0.6) is 11.5 Å². The molecule has 0 amide bonds. The minimum atomic E-state index is -4.44. The van der Waals surface area contributed by atoms with Crippen molar-refractivity contribution >= 4 is 41.3 Å². The maximum absolute atomic E-state index is 12.6. The van der Waals surface area contributed by atoms with Crippen LogP contribution in [0, 0.1) is 0 Å². The second-order valence-electron chi connectivity index (χ2n) is 5.18. The van der Waals surface area contributed by atoms with E-state index in [1.807, 2.05) is 6.92 Å². The van der Waals surface area contributed by atoms with Gasteiger partial charge in [-0.1, -0.05) is 6.07 Å². The van der Waals surface area contributed by atoms with E-state index in [0.717, 1.165) is 22.3 Å². The molecule has 0 fully saturated rings. The summed E-state index contributed by atoms with van der Waals surface area (Å²) in [5.74, 6) is 0.819. The van der Waals surface area contributed by atoms with E-state index in [2.05, 4.69) is 20.6 Å². The Bertz CT molecular complexity index is 768. The van der Waals surface area contributed by atoms with E-state index in [0.29, 0.717) is 23.3 Å². The zero-order chi connectivity index (χ0) is 19.2. The SMILES string of the molecule is CCNC(=NCc1ccc(OC)c(O)c1)NCc1nc(C(F)(F)F)cs1.I. The van der Waals surface area contributed by atoms with E-state index in [1.165, 1.54) is 7.11 Å². The first-order chi connectivity index (χ1) is 12.3. The van der Waals surface area contributed by atoms with Gasteiger partial charge in [0.15, 0.2) is 23.2 Å². The number of rotatable bonds is 6. The van der Waals surface area contributed by atoms with Crippen LogP contribution in [0.1, 0.15) is 23.2 Å². The van der Waals surface area contributed by atoms with Crippen molar-refractivity contribution in [3.05, 3.63) is 39.8 Å². The van der Waals surface area contributed by atoms with E-state index in [4.69, 9.17) is 4.74 Å². The van der Waals surface area contributed by atoms with E-state index in [1.54, 1.807) is 18.2 Å². The van der Waals surface area contributed by atoms with E-state index in [9.17, 15) is 18.3 Å². The van der Waals surface area contributed by atoms with Crippen LogP contribution in [0.4, 0.5) is 13.2 Å². The van der Waals surface area contributed by atoms with E-state index < -0.39 is 11.9 Å². The van der Waals surface area contributed by atoms with Gasteiger partial charge in [0.25, 0.3) is 0 Å². The number of hydrogen-bond donors (Lipinski definition) is 3. The summed E-state index contributed by atoms with van der Waals surface area (Å²) in [7, 11) is 1.46. The van der Waals surface area contributed by atoms with Gasteiger partial charge in [0.1, 0.15) is 5.01 Å². The topological polar surface area (TPSA) is 78.8 Å². The number of hydrogen-bond acceptors (Lipinski definition) is 5. The Labute approximate surface area is 175 Å². The normalized spacial score (nSPS) is 11.7. The first-order valence-electron chi connectivity index (χ1n) is 7.73. The summed E-state index contributed by atoms with van der Waals surface area (Å²) in [5, 5.41) is 17.0. The number of halogens is 4. The minimum absolute atomic E-state index is 0. The second-order valence-corrected chi connectivity index (χ2v) is 6.12. The van der Waals surface area contributed by atoms with Crippen molar-refractivity contribution in [1.82, 2.24) is 15.6 Å². The van der Waals surface area contributed by atoms with Crippen molar-refractivity contribution in [3.63, 3.8) is 0 Å². The van der Waals surface area contributed by atoms with E-state index in [-0.39, 0.29) is 42.8 Å². The molecule has 27 heavy (non-hydrogen) atoms. The number of methoxy groups -OCH3 is 1. The van der Waals surface area contributed by atoms with E-state index >= 15 is 0 Å². The highest BCUT2D eigenvalue weighted by molar-refractivity contribution is 14.0. The molecule has 0 atom stereocenters. The Morgan fingerprint density at radius 2 is 2.07 bits per heavy atom. The molecule has 0 radical (unpaired) electrons. The molecule has 1 heterocycles. The van der Waals surface area contributed by atoms with Gasteiger partial charge in [0.05, 0.1) is 20.2 Å². The van der Waals surface area contributed by atoms with Gasteiger partial charge >= 0.3 is 6.18 Å². The Kier molecular flexibility index (Phi) is 9.09. The maximum atomic E-state index is 12.6. The van der Waals surface area contributed by atoms with Gasteiger partial charge in [-0.2, -0.15) is 13.2 Å². The molecule has 0 saturated carbocycles. The quantitative estimate of drug-likeness (QED) is 0.310. The number of nitrogens with zero attached hydrogens (tertiary/aromatic N) is 2. The molecule has 1 aromatic heterocycles. The van der Waals surface area contributed by atoms with Crippen LogP contribution in [0.25, 0.3) is 0 Å². The average Bonchev–Trinajstić information content (AvgIpc) is 3.07. The average molecular weight is 516 g/mol. The van der Waals surface area contributed by atoms with Crippen molar-refractivity contribution in [2.75, 3.05) is 13.7 Å². The zero-order valence-electron chi connectivity index (χ0n) is 14.6. The summed E-state index contributed by atoms with van der Waals surface area (Å²) in [6.07, 6.45) is -4.44. The predicted octanol–water partition coefficient (Wildman–Crippen LogP) is 3.75. The van der Waals surface area contributed by atoms with Crippen molar-refractivity contribution in [2.24, 2.45) is 4.99 Å². The fourth-order valence-electron chi connectivity index (χ4n) is 2.03. The number of alkyl halides is 3. The Hall–Kier alpha value is -1.76. The molecule has 0 aliphatic carbocycles. The molecule has 0 aliphatic heterocycles. The number of aromatic hydroxyl groups is 1. The minimum Gasteiger partial charge on any atom is -0.504 e. The molecule has 3 N–H and O–H groups in total. The van der Waals surface area contributed by atoms with Gasteiger partial charge in [0.2, 0.25) is 0 Å². The van der Waals surface area contributed by atoms with Crippen molar-refractivity contribution < 1.29 is 23.0 Å². The number of aromatic nitrogens is 1. The smallest absolute Gasteiger partial charge is 0.434 e. The van der Waals surface area contributed by atoms with Gasteiger partial charge < -0.3 is 20.5 Å². The molecule has 0 unspecified atom stereocenters. The summed E-state index contributed by atoms with van der Waals surface area (Å²) in [6, 6.07) is 4.94. The number of nitrogens with one attached hydrogen (secondary N) is 2. The number of ether oxygens (including phenoxy) is 1. The fourth-order valence-corrected chi connectivity index (χ4v) is 2.77. The lowest BCUT2D eigenvalue weighted by Crippen LogP contribution is -2.36. The molecule has 2 aromatic rings. The summed E-state index contributed by atoms with van der Waals surface area (Å²) >= 11 is 0.934. The zero-order valence-corrected chi connectivity index (χ0v) is 17.8. The molecule has 150 valence electrons. The standard InChI is InChI=1S/C16H19F3N4O2S.HI/c1-3-20-15(21-7-10-4-5-12(25-2)11(24)6-10)22-8-14-23-13(9-26-14)16(17,18)19;/h4-6,9,24H,3,7-8H2,1-2H3,(H2,20,21,22);1H. The molecule has 0 spiro atoms. The molecular weight excluding hydrogens is 496 g/mol. The highest BCUT2D eigenvalue weighted by Crippen LogP contribution is 2.30. The molecule has 0 bridgehead atoms. The Balaban J connectivity index is 0.00000364. The fraction of sp³-hybridized carbons (Fsp3) is 0.375. The van der Waals surface area contributed by atoms with Crippen LogP contribution in [0.3, 0.4) is 0 Å². The third-order valence-electron chi connectivity index (χ3n) is 3.26. The van der Waals surface area contributed by atoms with Crippen LogP contribution in [-0.4, -0.2) is 29.7 Å². The number of guanidine groups is 1. The first kappa shape index (κ1) is 23.3. The van der Waals surface area contributed by atoms with Gasteiger partial charge in [-0.3, -0.25) is 0 Å². The lowest BCUT2D eigenvalue weighted by molar-refractivity contribution is -0.140. The van der Waals surface area contributed by atoms with Crippen LogP contribution < -0.4 is 15.4 Å². The number of aliphatic imine (C=N–C) groups is 1. The highest BCUT2D eigenvalue weighted by atomic mass is 127. The molecule has 0 saturated heterocycles. The Morgan fingerprint density at radius 1 is 1.33 bits per heavy atom.